The smallest absolute Gasteiger partial charge is 0.253 e. The van der Waals surface area contributed by atoms with Crippen LogP contribution in [0.1, 0.15) is 22.3 Å². The van der Waals surface area contributed by atoms with Crippen LogP contribution in [0.3, 0.4) is 0 Å². The molecule has 2 aromatic carbocycles. The number of rotatable bonds is 7. The first-order chi connectivity index (χ1) is 11.9. The van der Waals surface area contributed by atoms with Gasteiger partial charge >= 0.3 is 0 Å². The normalized spacial score (nSPS) is 10.8. The fourth-order valence-electron chi connectivity index (χ4n) is 2.43. The van der Waals surface area contributed by atoms with Crippen LogP contribution in [0.4, 0.5) is 11.4 Å². The summed E-state index contributed by atoms with van der Waals surface area (Å²) in [6.45, 7) is 3.59. The van der Waals surface area contributed by atoms with Gasteiger partial charge in [0.2, 0.25) is 0 Å². The third-order valence-electron chi connectivity index (χ3n) is 3.77. The summed E-state index contributed by atoms with van der Waals surface area (Å²) < 4.78 is 1.17. The lowest BCUT2D eigenvalue weighted by Gasteiger charge is -2.16. The van der Waals surface area contributed by atoms with Crippen LogP contribution in [0, 0.1) is 10.5 Å². The lowest BCUT2D eigenvalue weighted by Crippen LogP contribution is -2.27. The van der Waals surface area contributed by atoms with Gasteiger partial charge in [-0.25, -0.2) is 0 Å². The monoisotopic (exact) mass is 471 g/mol. The lowest BCUT2D eigenvalue weighted by molar-refractivity contribution is 0.0953. The minimum absolute atomic E-state index is 0.119. The fraction of sp³-hybridized carbons (Fsp3) is 0.316. The first-order valence-electron chi connectivity index (χ1n) is 8.13. The van der Waals surface area contributed by atoms with Crippen molar-refractivity contribution >= 4 is 51.5 Å². The van der Waals surface area contributed by atoms with Crippen LogP contribution in [0.25, 0.3) is 0 Å². The Kier molecular flexibility index (Phi) is 7.53. The topological polar surface area (TPSA) is 44.4 Å². The lowest BCUT2D eigenvalue weighted by atomic mass is 10.1. The Morgan fingerprint density at radius 3 is 2.68 bits per heavy atom. The number of para-hydroxylation sites is 1. The number of amides is 1. The average molecular weight is 472 g/mol. The van der Waals surface area contributed by atoms with Gasteiger partial charge in [0.15, 0.2) is 0 Å². The summed E-state index contributed by atoms with van der Waals surface area (Å²) in [6, 6.07) is 11.5. The van der Waals surface area contributed by atoms with Crippen LogP contribution in [0.15, 0.2) is 36.4 Å². The molecule has 134 valence electrons. The molecule has 0 spiro atoms. The maximum Gasteiger partial charge on any atom is 0.253 e. The molecule has 0 saturated carbocycles. The summed E-state index contributed by atoms with van der Waals surface area (Å²) >= 11 is 8.64. The Morgan fingerprint density at radius 2 is 2.00 bits per heavy atom. The van der Waals surface area contributed by atoms with Gasteiger partial charge in [0, 0.05) is 15.8 Å². The second kappa shape index (κ2) is 9.40. The van der Waals surface area contributed by atoms with Crippen molar-refractivity contribution in [3.05, 3.63) is 56.1 Å². The van der Waals surface area contributed by atoms with E-state index in [0.717, 1.165) is 24.2 Å². The van der Waals surface area contributed by atoms with Crippen molar-refractivity contribution in [1.29, 1.82) is 0 Å². The van der Waals surface area contributed by atoms with Crippen molar-refractivity contribution in [3.63, 3.8) is 0 Å². The van der Waals surface area contributed by atoms with E-state index in [2.05, 4.69) is 44.2 Å². The predicted octanol–water partition coefficient (Wildman–Crippen LogP) is 4.68. The van der Waals surface area contributed by atoms with E-state index < -0.39 is 0 Å². The third kappa shape index (κ3) is 5.87. The summed E-state index contributed by atoms with van der Waals surface area (Å²) in [5.74, 6) is -0.119. The number of nitrogens with one attached hydrogen (secondary N) is 2. The summed E-state index contributed by atoms with van der Waals surface area (Å²) in [5, 5.41) is 6.81. The molecular formula is C19H23ClIN3O. The van der Waals surface area contributed by atoms with E-state index in [0.29, 0.717) is 22.8 Å². The van der Waals surface area contributed by atoms with E-state index in [1.54, 1.807) is 18.2 Å². The van der Waals surface area contributed by atoms with Gasteiger partial charge in [-0.3, -0.25) is 4.79 Å². The molecular weight excluding hydrogens is 449 g/mol. The van der Waals surface area contributed by atoms with Gasteiger partial charge in [-0.05, 0) is 92.5 Å². The highest BCUT2D eigenvalue weighted by molar-refractivity contribution is 14.1. The molecule has 0 aromatic heterocycles. The first-order valence-corrected chi connectivity index (χ1v) is 9.59. The van der Waals surface area contributed by atoms with Crippen molar-refractivity contribution in [3.8, 4) is 0 Å². The average Bonchev–Trinajstić information content (AvgIpc) is 2.55. The van der Waals surface area contributed by atoms with Crippen molar-refractivity contribution in [2.75, 3.05) is 32.5 Å². The quantitative estimate of drug-likeness (QED) is 0.455. The van der Waals surface area contributed by atoms with Gasteiger partial charge < -0.3 is 15.5 Å². The highest BCUT2D eigenvalue weighted by Gasteiger charge is 2.15. The molecule has 2 rings (SSSR count). The van der Waals surface area contributed by atoms with Gasteiger partial charge in [-0.1, -0.05) is 17.7 Å². The Hall–Kier alpha value is -1.31. The Balaban J connectivity index is 2.17. The molecule has 0 saturated heterocycles. The minimum atomic E-state index is -0.119. The fourth-order valence-corrected chi connectivity index (χ4v) is 3.30. The van der Waals surface area contributed by atoms with E-state index in [4.69, 9.17) is 11.6 Å². The molecule has 4 nitrogen and oxygen atoms in total. The minimum Gasteiger partial charge on any atom is -0.353 e. The van der Waals surface area contributed by atoms with E-state index in [1.165, 1.54) is 3.57 Å². The molecule has 0 aliphatic heterocycles. The maximum absolute atomic E-state index is 12.6. The Labute approximate surface area is 168 Å². The summed E-state index contributed by atoms with van der Waals surface area (Å²) in [6.07, 6.45) is 0.901. The first kappa shape index (κ1) is 20.0. The molecule has 0 unspecified atom stereocenters. The molecule has 0 heterocycles. The van der Waals surface area contributed by atoms with Gasteiger partial charge in [0.25, 0.3) is 5.91 Å². The van der Waals surface area contributed by atoms with Crippen LogP contribution < -0.4 is 10.6 Å². The number of halogens is 2. The van der Waals surface area contributed by atoms with Crippen LogP contribution >= 0.6 is 34.2 Å². The molecule has 25 heavy (non-hydrogen) atoms. The molecule has 0 atom stereocenters. The number of carbonyl (C=O) groups excluding carboxylic acids is 1. The molecule has 6 heteroatoms. The molecule has 0 aliphatic carbocycles. The molecule has 2 N–H and O–H groups in total. The predicted molar refractivity (Wildman–Crippen MR) is 114 cm³/mol. The third-order valence-corrected chi connectivity index (χ3v) is 4.76. The molecule has 2 aromatic rings. The van der Waals surface area contributed by atoms with Crippen molar-refractivity contribution in [1.82, 2.24) is 10.2 Å². The second-order valence-corrected chi connectivity index (χ2v) is 7.81. The van der Waals surface area contributed by atoms with Crippen molar-refractivity contribution in [2.24, 2.45) is 0 Å². The van der Waals surface area contributed by atoms with E-state index in [1.807, 2.05) is 33.2 Å². The van der Waals surface area contributed by atoms with E-state index in [9.17, 15) is 4.79 Å². The van der Waals surface area contributed by atoms with Crippen LogP contribution in [0.2, 0.25) is 5.02 Å². The summed E-state index contributed by atoms with van der Waals surface area (Å²) in [4.78, 5) is 14.7. The highest BCUT2D eigenvalue weighted by atomic mass is 127. The molecule has 0 fully saturated rings. The Morgan fingerprint density at radius 1 is 1.24 bits per heavy atom. The highest BCUT2D eigenvalue weighted by Crippen LogP contribution is 2.31. The Bertz CT molecular complexity index is 749. The molecule has 0 bridgehead atoms. The molecule has 0 aliphatic rings. The number of anilines is 2. The van der Waals surface area contributed by atoms with Crippen molar-refractivity contribution < 1.29 is 4.79 Å². The van der Waals surface area contributed by atoms with Gasteiger partial charge in [-0.15, -0.1) is 0 Å². The number of aryl methyl sites for hydroxylation is 1. The zero-order chi connectivity index (χ0) is 18.4. The zero-order valence-electron chi connectivity index (χ0n) is 14.7. The molecule has 0 radical (unpaired) electrons. The zero-order valence-corrected chi connectivity index (χ0v) is 17.6. The number of benzene rings is 2. The van der Waals surface area contributed by atoms with E-state index in [-0.39, 0.29) is 5.91 Å². The van der Waals surface area contributed by atoms with Crippen LogP contribution in [0.5, 0.6) is 0 Å². The SMILES string of the molecule is Cc1cc(I)ccc1Nc1c(Cl)cccc1C(=O)NCCCN(C)C. The molecule has 1 amide bonds. The largest absolute Gasteiger partial charge is 0.353 e. The number of nitrogens with zero attached hydrogens (tertiary/aromatic N) is 1. The number of carbonyl (C=O) groups is 1. The van der Waals surface area contributed by atoms with Crippen LogP contribution in [-0.4, -0.2) is 38.0 Å². The van der Waals surface area contributed by atoms with Crippen molar-refractivity contribution in [2.45, 2.75) is 13.3 Å². The number of hydrogen-bond acceptors (Lipinski definition) is 3. The number of hydrogen-bond donors (Lipinski definition) is 2. The summed E-state index contributed by atoms with van der Waals surface area (Å²) in [5.41, 5.74) is 3.23. The van der Waals surface area contributed by atoms with E-state index >= 15 is 0 Å². The standard InChI is InChI=1S/C19H23ClIN3O/c1-13-12-14(21)8-9-17(13)23-18-15(6-4-7-16(18)20)19(25)22-10-5-11-24(2)3/h4,6-9,12,23H,5,10-11H2,1-3H3,(H,22,25). The van der Waals surface area contributed by atoms with Gasteiger partial charge in [0.1, 0.15) is 0 Å². The van der Waals surface area contributed by atoms with Gasteiger partial charge in [-0.2, -0.15) is 0 Å². The van der Waals surface area contributed by atoms with Gasteiger partial charge in [0.05, 0.1) is 16.3 Å². The van der Waals surface area contributed by atoms with Crippen LogP contribution in [-0.2, 0) is 0 Å². The summed E-state index contributed by atoms with van der Waals surface area (Å²) in [7, 11) is 4.04. The second-order valence-electron chi connectivity index (χ2n) is 6.16. The maximum atomic E-state index is 12.6.